The minimum absolute atomic E-state index is 0.403. The van der Waals surface area contributed by atoms with Gasteiger partial charge in [0, 0.05) is 5.56 Å². The third-order valence-corrected chi connectivity index (χ3v) is 3.28. The summed E-state index contributed by atoms with van der Waals surface area (Å²) in [6.07, 6.45) is 0. The number of para-hydroxylation sites is 1. The predicted molar refractivity (Wildman–Crippen MR) is 82.6 cm³/mol. The van der Waals surface area contributed by atoms with Crippen molar-refractivity contribution < 1.29 is 4.74 Å². The van der Waals surface area contributed by atoms with E-state index in [0.29, 0.717) is 11.6 Å². The van der Waals surface area contributed by atoms with E-state index in [4.69, 9.17) is 22.7 Å². The molecule has 2 N–H and O–H groups in total. The fraction of sp³-hybridized carbons (Fsp3) is 0.188. The number of hydrogen-bond acceptors (Lipinski definition) is 2. The number of hydrogen-bond donors (Lipinski definition) is 1. The van der Waals surface area contributed by atoms with Crippen LogP contribution in [0.5, 0.6) is 5.75 Å². The van der Waals surface area contributed by atoms with Crippen LogP contribution in [0.4, 0.5) is 0 Å². The molecule has 0 aliphatic carbocycles. The summed E-state index contributed by atoms with van der Waals surface area (Å²) in [6, 6.07) is 13.9. The van der Waals surface area contributed by atoms with E-state index in [1.807, 2.05) is 56.3 Å². The average molecular weight is 271 g/mol. The van der Waals surface area contributed by atoms with Gasteiger partial charge < -0.3 is 10.5 Å². The molecule has 98 valence electrons. The maximum atomic E-state index is 5.93. The van der Waals surface area contributed by atoms with Gasteiger partial charge in [-0.1, -0.05) is 54.7 Å². The van der Waals surface area contributed by atoms with Crippen LogP contribution in [-0.2, 0) is 6.61 Å². The maximum Gasteiger partial charge on any atom is 0.125 e. The molecule has 3 heteroatoms. The Hall–Kier alpha value is -1.87. The van der Waals surface area contributed by atoms with Crippen LogP contribution >= 0.6 is 12.2 Å². The average Bonchev–Trinajstić information content (AvgIpc) is 2.38. The number of ether oxygens (including phenoxy) is 1. The first-order valence-corrected chi connectivity index (χ1v) is 6.57. The highest BCUT2D eigenvalue weighted by atomic mass is 32.1. The molecule has 0 radical (unpaired) electrons. The molecule has 0 aromatic heterocycles. The Morgan fingerprint density at radius 2 is 1.68 bits per heavy atom. The summed E-state index contributed by atoms with van der Waals surface area (Å²) >= 11 is 5.05. The molecular formula is C16H17NOS. The van der Waals surface area contributed by atoms with Crippen LogP contribution in [0, 0.1) is 13.8 Å². The first-order chi connectivity index (χ1) is 9.09. The predicted octanol–water partition coefficient (Wildman–Crippen LogP) is 3.52. The van der Waals surface area contributed by atoms with Crippen molar-refractivity contribution in [3.05, 3.63) is 64.7 Å². The molecule has 2 nitrogen and oxygen atoms in total. The van der Waals surface area contributed by atoms with E-state index >= 15 is 0 Å². The summed E-state index contributed by atoms with van der Waals surface area (Å²) in [7, 11) is 0. The van der Waals surface area contributed by atoms with Crippen LogP contribution in [0.25, 0.3) is 0 Å². The lowest BCUT2D eigenvalue weighted by molar-refractivity contribution is 0.302. The Kier molecular flexibility index (Phi) is 4.17. The third kappa shape index (κ3) is 3.12. The van der Waals surface area contributed by atoms with Gasteiger partial charge in [0.05, 0.1) is 0 Å². The lowest BCUT2D eigenvalue weighted by Gasteiger charge is -2.13. The van der Waals surface area contributed by atoms with Crippen LogP contribution < -0.4 is 10.5 Å². The quantitative estimate of drug-likeness (QED) is 0.864. The van der Waals surface area contributed by atoms with Crippen molar-refractivity contribution in [2.75, 3.05) is 0 Å². The summed E-state index contributed by atoms with van der Waals surface area (Å²) < 4.78 is 5.93. The fourth-order valence-corrected chi connectivity index (χ4v) is 2.26. The topological polar surface area (TPSA) is 35.2 Å². The fourth-order valence-electron chi connectivity index (χ4n) is 2.06. The SMILES string of the molecule is Cc1cccc(C)c1OCc1ccccc1C(N)=S. The van der Waals surface area contributed by atoms with Gasteiger partial charge in [-0.15, -0.1) is 0 Å². The van der Waals surface area contributed by atoms with Crippen LogP contribution in [0.15, 0.2) is 42.5 Å². The highest BCUT2D eigenvalue weighted by molar-refractivity contribution is 7.80. The molecule has 0 atom stereocenters. The van der Waals surface area contributed by atoms with Gasteiger partial charge in [0.2, 0.25) is 0 Å². The van der Waals surface area contributed by atoms with Gasteiger partial charge >= 0.3 is 0 Å². The van der Waals surface area contributed by atoms with Crippen LogP contribution in [0.2, 0.25) is 0 Å². The molecule has 0 aliphatic heterocycles. The number of rotatable bonds is 4. The summed E-state index contributed by atoms with van der Waals surface area (Å²) in [4.78, 5) is 0.403. The number of benzene rings is 2. The molecule has 0 unspecified atom stereocenters. The van der Waals surface area contributed by atoms with E-state index in [-0.39, 0.29) is 0 Å². The molecular weight excluding hydrogens is 254 g/mol. The van der Waals surface area contributed by atoms with Crippen LogP contribution in [-0.4, -0.2) is 4.99 Å². The lowest BCUT2D eigenvalue weighted by Crippen LogP contribution is -2.13. The van der Waals surface area contributed by atoms with E-state index in [1.54, 1.807) is 0 Å². The molecule has 0 saturated heterocycles. The maximum absolute atomic E-state index is 5.93. The van der Waals surface area contributed by atoms with E-state index in [9.17, 15) is 0 Å². The summed E-state index contributed by atoms with van der Waals surface area (Å²) in [6.45, 7) is 4.56. The van der Waals surface area contributed by atoms with Gasteiger partial charge in [0.1, 0.15) is 17.3 Å². The van der Waals surface area contributed by atoms with E-state index in [1.165, 1.54) is 0 Å². The largest absolute Gasteiger partial charge is 0.488 e. The molecule has 2 aromatic carbocycles. The standard InChI is InChI=1S/C16H17NOS/c1-11-6-5-7-12(2)15(11)18-10-13-8-3-4-9-14(13)16(17)19/h3-9H,10H2,1-2H3,(H2,17,19). The van der Waals surface area contributed by atoms with Crippen molar-refractivity contribution in [3.8, 4) is 5.75 Å². The summed E-state index contributed by atoms with van der Waals surface area (Å²) in [5, 5.41) is 0. The minimum Gasteiger partial charge on any atom is -0.488 e. The molecule has 0 bridgehead atoms. The molecule has 0 fully saturated rings. The van der Waals surface area contributed by atoms with Crippen molar-refractivity contribution in [1.29, 1.82) is 0 Å². The lowest BCUT2D eigenvalue weighted by atomic mass is 10.1. The molecule has 0 heterocycles. The number of nitrogens with two attached hydrogens (primary N) is 1. The van der Waals surface area contributed by atoms with Gasteiger partial charge in [-0.3, -0.25) is 0 Å². The first-order valence-electron chi connectivity index (χ1n) is 6.16. The number of aryl methyl sites for hydroxylation is 2. The molecule has 19 heavy (non-hydrogen) atoms. The molecule has 0 amide bonds. The molecule has 0 aliphatic rings. The van der Waals surface area contributed by atoms with E-state index < -0.39 is 0 Å². The second kappa shape index (κ2) is 5.85. The van der Waals surface area contributed by atoms with Gasteiger partial charge in [-0.25, -0.2) is 0 Å². The zero-order chi connectivity index (χ0) is 13.8. The zero-order valence-electron chi connectivity index (χ0n) is 11.1. The van der Waals surface area contributed by atoms with Gasteiger partial charge in [-0.05, 0) is 30.5 Å². The molecule has 0 saturated carbocycles. The smallest absolute Gasteiger partial charge is 0.125 e. The highest BCUT2D eigenvalue weighted by Crippen LogP contribution is 2.24. The summed E-state index contributed by atoms with van der Waals surface area (Å²) in [5.41, 5.74) is 9.87. The second-order valence-corrected chi connectivity index (χ2v) is 4.97. The van der Waals surface area contributed by atoms with E-state index in [2.05, 4.69) is 0 Å². The van der Waals surface area contributed by atoms with Crippen LogP contribution in [0.3, 0.4) is 0 Å². The Morgan fingerprint density at radius 3 is 2.32 bits per heavy atom. The van der Waals surface area contributed by atoms with Crippen molar-refractivity contribution in [2.24, 2.45) is 5.73 Å². The molecule has 2 aromatic rings. The Balaban J connectivity index is 2.22. The van der Waals surface area contributed by atoms with Crippen LogP contribution in [0.1, 0.15) is 22.3 Å². The number of thiocarbonyl (C=S) groups is 1. The normalized spacial score (nSPS) is 10.2. The second-order valence-electron chi connectivity index (χ2n) is 4.53. The Labute approximate surface area is 119 Å². The minimum atomic E-state index is 0.403. The first kappa shape index (κ1) is 13.6. The van der Waals surface area contributed by atoms with Crippen molar-refractivity contribution in [1.82, 2.24) is 0 Å². The van der Waals surface area contributed by atoms with Gasteiger partial charge in [0.15, 0.2) is 0 Å². The van der Waals surface area contributed by atoms with Gasteiger partial charge in [0.25, 0.3) is 0 Å². The van der Waals surface area contributed by atoms with E-state index in [0.717, 1.165) is 28.0 Å². The molecule has 2 rings (SSSR count). The third-order valence-electron chi connectivity index (χ3n) is 3.06. The zero-order valence-corrected chi connectivity index (χ0v) is 12.0. The van der Waals surface area contributed by atoms with Crippen molar-refractivity contribution in [3.63, 3.8) is 0 Å². The highest BCUT2D eigenvalue weighted by Gasteiger charge is 2.07. The monoisotopic (exact) mass is 271 g/mol. The van der Waals surface area contributed by atoms with Crippen molar-refractivity contribution in [2.45, 2.75) is 20.5 Å². The Bertz CT molecular complexity index is 587. The van der Waals surface area contributed by atoms with Gasteiger partial charge in [-0.2, -0.15) is 0 Å². The van der Waals surface area contributed by atoms with Crippen molar-refractivity contribution >= 4 is 17.2 Å². The summed E-state index contributed by atoms with van der Waals surface area (Å²) in [5.74, 6) is 0.931. The molecule has 0 spiro atoms. The Morgan fingerprint density at radius 1 is 1.05 bits per heavy atom.